The Kier molecular flexibility index (Phi) is 3.46. The minimum absolute atomic E-state index is 1.32. The minimum atomic E-state index is 1.32. The first-order valence-electron chi connectivity index (χ1n) is 6.29. The summed E-state index contributed by atoms with van der Waals surface area (Å²) in [5.74, 6) is 0. The Bertz CT molecular complexity index is 760. The Balaban J connectivity index is 2.60. The van der Waals surface area contributed by atoms with Gasteiger partial charge in [0.2, 0.25) is 0 Å². The van der Waals surface area contributed by atoms with Gasteiger partial charge in [-0.3, -0.25) is 0 Å². The lowest BCUT2D eigenvalue weighted by atomic mass is 10.0. The van der Waals surface area contributed by atoms with Crippen LogP contribution in [0.2, 0.25) is 0 Å². The Labute approximate surface area is 122 Å². The maximum absolute atomic E-state index is 2.31. The summed E-state index contributed by atoms with van der Waals surface area (Å²) >= 11 is 3.70. The first-order valence-corrected chi connectivity index (χ1v) is 8.74. The molecular formula is C17H16S2. The van der Waals surface area contributed by atoms with E-state index in [4.69, 9.17) is 0 Å². The van der Waals surface area contributed by atoms with E-state index in [2.05, 4.69) is 61.9 Å². The van der Waals surface area contributed by atoms with Crippen molar-refractivity contribution in [2.45, 2.75) is 16.7 Å². The topological polar surface area (TPSA) is 0 Å². The molecule has 0 aliphatic heterocycles. The molecule has 0 amide bonds. The van der Waals surface area contributed by atoms with Gasteiger partial charge in [0.05, 0.1) is 0 Å². The van der Waals surface area contributed by atoms with Crippen molar-refractivity contribution in [1.29, 1.82) is 0 Å². The maximum Gasteiger partial charge on any atom is 0.0290 e. The molecule has 0 bridgehead atoms. The zero-order valence-electron chi connectivity index (χ0n) is 11.4. The standard InChI is InChI=1S/C17H16S2/c1-11-8-9-13-12-6-4-5-7-14(12)16(18-2)17(19-3)15(13)10-11/h4-10H,1-3H3. The van der Waals surface area contributed by atoms with E-state index in [1.165, 1.54) is 36.9 Å². The number of aryl methyl sites for hydroxylation is 1. The van der Waals surface area contributed by atoms with Crippen molar-refractivity contribution < 1.29 is 0 Å². The number of thioether (sulfide) groups is 2. The van der Waals surface area contributed by atoms with Crippen LogP contribution in [0, 0.1) is 6.92 Å². The minimum Gasteiger partial charge on any atom is -0.128 e. The van der Waals surface area contributed by atoms with Crippen LogP contribution >= 0.6 is 23.5 Å². The van der Waals surface area contributed by atoms with Crippen molar-refractivity contribution in [2.24, 2.45) is 0 Å². The largest absolute Gasteiger partial charge is 0.128 e. The quantitative estimate of drug-likeness (QED) is 0.434. The average Bonchev–Trinajstić information content (AvgIpc) is 2.45. The van der Waals surface area contributed by atoms with Crippen LogP contribution in [0.4, 0.5) is 0 Å². The first-order chi connectivity index (χ1) is 9.26. The highest BCUT2D eigenvalue weighted by atomic mass is 32.2. The number of fused-ring (bicyclic) bond motifs is 3. The Hall–Kier alpha value is -1.12. The molecule has 0 N–H and O–H groups in total. The number of hydrogen-bond acceptors (Lipinski definition) is 2. The molecule has 3 aromatic rings. The summed E-state index contributed by atoms with van der Waals surface area (Å²) in [6, 6.07) is 15.5. The normalized spacial score (nSPS) is 11.3. The first kappa shape index (κ1) is 12.9. The van der Waals surface area contributed by atoms with Crippen LogP contribution in [-0.2, 0) is 0 Å². The third kappa shape index (κ3) is 2.03. The molecule has 0 atom stereocenters. The van der Waals surface area contributed by atoms with Crippen LogP contribution in [0.25, 0.3) is 21.5 Å². The van der Waals surface area contributed by atoms with Crippen molar-refractivity contribution in [3.05, 3.63) is 48.0 Å². The van der Waals surface area contributed by atoms with Gasteiger partial charge in [0.1, 0.15) is 0 Å². The lowest BCUT2D eigenvalue weighted by Gasteiger charge is -2.14. The van der Waals surface area contributed by atoms with Crippen molar-refractivity contribution in [3.8, 4) is 0 Å². The number of rotatable bonds is 2. The Morgan fingerprint density at radius 2 is 1.26 bits per heavy atom. The smallest absolute Gasteiger partial charge is 0.0290 e. The van der Waals surface area contributed by atoms with E-state index in [0.29, 0.717) is 0 Å². The Morgan fingerprint density at radius 1 is 0.684 bits per heavy atom. The van der Waals surface area contributed by atoms with Gasteiger partial charge in [-0.1, -0.05) is 48.0 Å². The average molecular weight is 284 g/mol. The molecule has 2 heteroatoms. The monoisotopic (exact) mass is 284 g/mol. The van der Waals surface area contributed by atoms with Gasteiger partial charge in [-0.25, -0.2) is 0 Å². The maximum atomic E-state index is 2.31. The van der Waals surface area contributed by atoms with Crippen molar-refractivity contribution in [3.63, 3.8) is 0 Å². The van der Waals surface area contributed by atoms with Crippen LogP contribution in [0.15, 0.2) is 52.3 Å². The lowest BCUT2D eigenvalue weighted by molar-refractivity contribution is 1.35. The van der Waals surface area contributed by atoms with Gasteiger partial charge in [-0.15, -0.1) is 23.5 Å². The molecule has 0 nitrogen and oxygen atoms in total. The lowest BCUT2D eigenvalue weighted by Crippen LogP contribution is -1.87. The molecule has 0 fully saturated rings. The van der Waals surface area contributed by atoms with Crippen LogP contribution in [0.5, 0.6) is 0 Å². The summed E-state index contributed by atoms with van der Waals surface area (Å²) in [5, 5.41) is 5.48. The molecule has 0 radical (unpaired) electrons. The fraction of sp³-hybridized carbons (Fsp3) is 0.176. The van der Waals surface area contributed by atoms with Gasteiger partial charge in [0.15, 0.2) is 0 Å². The van der Waals surface area contributed by atoms with Crippen LogP contribution in [0.3, 0.4) is 0 Å². The molecule has 0 aromatic heterocycles. The predicted octanol–water partition coefficient (Wildman–Crippen LogP) is 5.75. The fourth-order valence-electron chi connectivity index (χ4n) is 2.65. The summed E-state index contributed by atoms with van der Waals surface area (Å²) in [7, 11) is 0. The molecule has 19 heavy (non-hydrogen) atoms. The van der Waals surface area contributed by atoms with E-state index in [1.54, 1.807) is 0 Å². The molecular weight excluding hydrogens is 268 g/mol. The van der Waals surface area contributed by atoms with E-state index >= 15 is 0 Å². The zero-order valence-corrected chi connectivity index (χ0v) is 13.0. The van der Waals surface area contributed by atoms with Crippen LogP contribution in [0.1, 0.15) is 5.56 Å². The molecule has 96 valence electrons. The molecule has 0 spiro atoms. The summed E-state index contributed by atoms with van der Waals surface area (Å²) in [6.45, 7) is 2.16. The third-order valence-electron chi connectivity index (χ3n) is 3.50. The molecule has 3 rings (SSSR count). The highest BCUT2D eigenvalue weighted by Gasteiger charge is 2.12. The predicted molar refractivity (Wildman–Crippen MR) is 89.8 cm³/mol. The molecule has 0 aliphatic rings. The second kappa shape index (κ2) is 5.10. The summed E-state index contributed by atoms with van der Waals surface area (Å²) in [4.78, 5) is 2.81. The SMILES string of the molecule is CSc1c(SC)c2cc(C)ccc2c2ccccc12. The van der Waals surface area contributed by atoms with E-state index in [9.17, 15) is 0 Å². The van der Waals surface area contributed by atoms with Crippen LogP contribution in [-0.4, -0.2) is 12.5 Å². The molecule has 0 saturated heterocycles. The number of hydrogen-bond donors (Lipinski definition) is 0. The van der Waals surface area contributed by atoms with Crippen molar-refractivity contribution in [2.75, 3.05) is 12.5 Å². The molecule has 0 unspecified atom stereocenters. The van der Waals surface area contributed by atoms with E-state index in [1.807, 2.05) is 23.5 Å². The molecule has 0 heterocycles. The van der Waals surface area contributed by atoms with Gasteiger partial charge < -0.3 is 0 Å². The van der Waals surface area contributed by atoms with Gasteiger partial charge in [0.25, 0.3) is 0 Å². The molecule has 3 aromatic carbocycles. The zero-order chi connectivity index (χ0) is 13.4. The highest BCUT2D eigenvalue weighted by Crippen LogP contribution is 2.42. The van der Waals surface area contributed by atoms with Gasteiger partial charge in [0, 0.05) is 9.79 Å². The summed E-state index contributed by atoms with van der Waals surface area (Å²) in [5.41, 5.74) is 1.32. The highest BCUT2D eigenvalue weighted by molar-refractivity contribution is 8.02. The van der Waals surface area contributed by atoms with Crippen LogP contribution < -0.4 is 0 Å². The van der Waals surface area contributed by atoms with E-state index < -0.39 is 0 Å². The third-order valence-corrected chi connectivity index (χ3v) is 5.29. The van der Waals surface area contributed by atoms with Crippen molar-refractivity contribution >= 4 is 45.1 Å². The van der Waals surface area contributed by atoms with Gasteiger partial charge >= 0.3 is 0 Å². The summed E-state index contributed by atoms with van der Waals surface area (Å²) in [6.07, 6.45) is 4.34. The molecule has 0 saturated carbocycles. The van der Waals surface area contributed by atoms with E-state index in [-0.39, 0.29) is 0 Å². The second-order valence-corrected chi connectivity index (χ2v) is 6.29. The molecule has 0 aliphatic carbocycles. The fourth-order valence-corrected chi connectivity index (χ4v) is 4.52. The van der Waals surface area contributed by atoms with Gasteiger partial charge in [-0.2, -0.15) is 0 Å². The summed E-state index contributed by atoms with van der Waals surface area (Å²) < 4.78 is 0. The second-order valence-electron chi connectivity index (χ2n) is 4.66. The Morgan fingerprint density at radius 3 is 1.95 bits per heavy atom. The van der Waals surface area contributed by atoms with E-state index in [0.717, 1.165) is 0 Å². The van der Waals surface area contributed by atoms with Gasteiger partial charge in [-0.05, 0) is 41.0 Å². The van der Waals surface area contributed by atoms with Crippen molar-refractivity contribution in [1.82, 2.24) is 0 Å². The number of benzene rings is 3.